The van der Waals surface area contributed by atoms with Gasteiger partial charge in [-0.25, -0.2) is 4.98 Å². The topological polar surface area (TPSA) is 57.7 Å². The van der Waals surface area contributed by atoms with Crippen molar-refractivity contribution in [2.24, 2.45) is 0 Å². The van der Waals surface area contributed by atoms with Crippen molar-refractivity contribution in [3.63, 3.8) is 0 Å². The lowest BCUT2D eigenvalue weighted by Gasteiger charge is -2.33. The predicted molar refractivity (Wildman–Crippen MR) is 121 cm³/mol. The number of anilines is 1. The van der Waals surface area contributed by atoms with Crippen LogP contribution in [0, 0.1) is 0 Å². The normalized spacial score (nSPS) is 15.1. The predicted octanol–water partition coefficient (Wildman–Crippen LogP) is 3.58. The minimum absolute atomic E-state index is 0.0135. The van der Waals surface area contributed by atoms with Crippen molar-refractivity contribution in [2.75, 3.05) is 45.2 Å². The Morgan fingerprint density at radius 2 is 1.73 bits per heavy atom. The molecule has 1 N–H and O–H groups in total. The molecular weight excluding hydrogens is 396 g/mol. The SMILES string of the molecule is COc1ccccc1NC(=O)CN1CCN(Cc2nc(-c3ccccc3)cs2)CC1. The Morgan fingerprint density at radius 3 is 2.50 bits per heavy atom. The third-order valence-corrected chi connectivity index (χ3v) is 6.03. The molecule has 6 nitrogen and oxygen atoms in total. The van der Waals surface area contributed by atoms with E-state index in [-0.39, 0.29) is 5.91 Å². The molecule has 1 saturated heterocycles. The molecule has 0 spiro atoms. The molecule has 7 heteroatoms. The summed E-state index contributed by atoms with van der Waals surface area (Å²) < 4.78 is 5.30. The Hall–Kier alpha value is -2.74. The van der Waals surface area contributed by atoms with Crippen LogP contribution in [0.15, 0.2) is 60.0 Å². The zero-order valence-corrected chi connectivity index (χ0v) is 17.9. The summed E-state index contributed by atoms with van der Waals surface area (Å²) in [5.41, 5.74) is 2.91. The summed E-state index contributed by atoms with van der Waals surface area (Å²) in [4.78, 5) is 21.8. The number of benzene rings is 2. The summed E-state index contributed by atoms with van der Waals surface area (Å²) in [6, 6.07) is 17.8. The first-order valence-corrected chi connectivity index (χ1v) is 11.0. The van der Waals surface area contributed by atoms with Gasteiger partial charge >= 0.3 is 0 Å². The van der Waals surface area contributed by atoms with Gasteiger partial charge in [-0.2, -0.15) is 0 Å². The molecule has 1 aliphatic heterocycles. The fourth-order valence-electron chi connectivity index (χ4n) is 3.56. The lowest BCUT2D eigenvalue weighted by atomic mass is 10.2. The van der Waals surface area contributed by atoms with E-state index in [2.05, 4.69) is 32.6 Å². The molecule has 0 saturated carbocycles. The van der Waals surface area contributed by atoms with E-state index >= 15 is 0 Å². The summed E-state index contributed by atoms with van der Waals surface area (Å²) >= 11 is 1.71. The van der Waals surface area contributed by atoms with Crippen LogP contribution < -0.4 is 10.1 Å². The third-order valence-electron chi connectivity index (χ3n) is 5.19. The van der Waals surface area contributed by atoms with Gasteiger partial charge in [0.15, 0.2) is 0 Å². The summed E-state index contributed by atoms with van der Waals surface area (Å²) in [5.74, 6) is 0.661. The Balaban J connectivity index is 1.24. The molecule has 0 radical (unpaired) electrons. The van der Waals surface area contributed by atoms with Gasteiger partial charge in [0.2, 0.25) is 5.91 Å². The van der Waals surface area contributed by atoms with Crippen molar-refractivity contribution in [3.8, 4) is 17.0 Å². The maximum Gasteiger partial charge on any atom is 0.238 e. The molecule has 156 valence electrons. The fraction of sp³-hybridized carbons (Fsp3) is 0.304. The lowest BCUT2D eigenvalue weighted by Crippen LogP contribution is -2.48. The number of nitrogens with zero attached hydrogens (tertiary/aromatic N) is 3. The number of aromatic nitrogens is 1. The quantitative estimate of drug-likeness (QED) is 0.631. The van der Waals surface area contributed by atoms with Crippen molar-refractivity contribution in [1.29, 1.82) is 0 Å². The van der Waals surface area contributed by atoms with Crippen molar-refractivity contribution in [2.45, 2.75) is 6.54 Å². The summed E-state index contributed by atoms with van der Waals surface area (Å²) in [6.45, 7) is 4.86. The second-order valence-electron chi connectivity index (χ2n) is 7.29. The van der Waals surface area contributed by atoms with Gasteiger partial charge in [-0.15, -0.1) is 11.3 Å². The highest BCUT2D eigenvalue weighted by molar-refractivity contribution is 7.09. The van der Waals surface area contributed by atoms with Crippen molar-refractivity contribution in [1.82, 2.24) is 14.8 Å². The molecule has 0 aliphatic carbocycles. The Kier molecular flexibility index (Phi) is 6.74. The highest BCUT2D eigenvalue weighted by Gasteiger charge is 2.20. The number of carbonyl (C=O) groups excluding carboxylic acids is 1. The molecule has 3 aromatic rings. The number of piperazine rings is 1. The summed E-state index contributed by atoms with van der Waals surface area (Å²) in [6.07, 6.45) is 0. The Labute approximate surface area is 181 Å². The molecule has 1 fully saturated rings. The molecule has 1 aromatic heterocycles. The molecule has 4 rings (SSSR count). The van der Waals surface area contributed by atoms with Gasteiger partial charge in [-0.1, -0.05) is 42.5 Å². The van der Waals surface area contributed by atoms with Crippen LogP contribution in [0.4, 0.5) is 5.69 Å². The van der Waals surface area contributed by atoms with Crippen molar-refractivity contribution < 1.29 is 9.53 Å². The number of hydrogen-bond donors (Lipinski definition) is 1. The zero-order valence-electron chi connectivity index (χ0n) is 17.1. The third kappa shape index (κ3) is 5.24. The largest absolute Gasteiger partial charge is 0.495 e. The van der Waals surface area contributed by atoms with Crippen LogP contribution in [0.2, 0.25) is 0 Å². The minimum Gasteiger partial charge on any atom is -0.495 e. The van der Waals surface area contributed by atoms with E-state index in [0.29, 0.717) is 18.0 Å². The minimum atomic E-state index is -0.0135. The van der Waals surface area contributed by atoms with E-state index in [1.807, 2.05) is 42.5 Å². The highest BCUT2D eigenvalue weighted by Crippen LogP contribution is 2.24. The molecule has 0 unspecified atom stereocenters. The number of thiazole rings is 1. The van der Waals surface area contributed by atoms with E-state index in [1.165, 1.54) is 0 Å². The molecule has 2 heterocycles. The molecule has 1 amide bonds. The van der Waals surface area contributed by atoms with Gasteiger partial charge in [0.05, 0.1) is 31.6 Å². The molecular formula is C23H26N4O2S. The first kappa shape index (κ1) is 20.5. The second kappa shape index (κ2) is 9.84. The zero-order chi connectivity index (χ0) is 20.8. The van der Waals surface area contributed by atoms with Crippen LogP contribution in [-0.2, 0) is 11.3 Å². The monoisotopic (exact) mass is 422 g/mol. The molecule has 1 aliphatic rings. The van der Waals surface area contributed by atoms with E-state index in [9.17, 15) is 4.79 Å². The number of nitrogens with one attached hydrogen (secondary N) is 1. The van der Waals surface area contributed by atoms with Crippen LogP contribution in [-0.4, -0.2) is 60.5 Å². The molecule has 0 bridgehead atoms. The lowest BCUT2D eigenvalue weighted by molar-refractivity contribution is -0.117. The molecule has 0 atom stereocenters. The number of ether oxygens (including phenoxy) is 1. The first-order valence-electron chi connectivity index (χ1n) is 10.1. The van der Waals surface area contributed by atoms with Crippen LogP contribution in [0.3, 0.4) is 0 Å². The standard InChI is InChI=1S/C23H26N4O2S/c1-29-21-10-6-5-9-19(21)24-22(28)15-26-11-13-27(14-12-26)16-23-25-20(17-30-23)18-7-3-2-4-8-18/h2-10,17H,11-16H2,1H3,(H,24,28). The molecule has 30 heavy (non-hydrogen) atoms. The average Bonchev–Trinajstić information content (AvgIpc) is 3.24. The first-order chi connectivity index (χ1) is 14.7. The summed E-state index contributed by atoms with van der Waals surface area (Å²) in [7, 11) is 1.61. The van der Waals surface area contributed by atoms with Gasteiger partial charge in [0.25, 0.3) is 0 Å². The number of hydrogen-bond acceptors (Lipinski definition) is 6. The number of carbonyl (C=O) groups is 1. The second-order valence-corrected chi connectivity index (χ2v) is 8.24. The van der Waals surface area contributed by atoms with Gasteiger partial charge < -0.3 is 10.1 Å². The van der Waals surface area contributed by atoms with Gasteiger partial charge in [0.1, 0.15) is 10.8 Å². The van der Waals surface area contributed by atoms with E-state index in [1.54, 1.807) is 18.4 Å². The Bertz CT molecular complexity index is 968. The smallest absolute Gasteiger partial charge is 0.238 e. The maximum absolute atomic E-state index is 12.4. The van der Waals surface area contributed by atoms with Crippen molar-refractivity contribution >= 4 is 22.9 Å². The summed E-state index contributed by atoms with van der Waals surface area (Å²) in [5, 5.41) is 6.21. The van der Waals surface area contributed by atoms with Crippen LogP contribution >= 0.6 is 11.3 Å². The van der Waals surface area contributed by atoms with Gasteiger partial charge in [0, 0.05) is 37.1 Å². The fourth-order valence-corrected chi connectivity index (χ4v) is 4.41. The van der Waals surface area contributed by atoms with Crippen LogP contribution in [0.25, 0.3) is 11.3 Å². The van der Waals surface area contributed by atoms with E-state index < -0.39 is 0 Å². The maximum atomic E-state index is 12.4. The highest BCUT2D eigenvalue weighted by atomic mass is 32.1. The van der Waals surface area contributed by atoms with Crippen molar-refractivity contribution in [3.05, 3.63) is 65.0 Å². The van der Waals surface area contributed by atoms with Gasteiger partial charge in [-0.05, 0) is 12.1 Å². The van der Waals surface area contributed by atoms with Crippen LogP contribution in [0.1, 0.15) is 5.01 Å². The number of rotatable bonds is 7. The number of amides is 1. The average molecular weight is 423 g/mol. The Morgan fingerprint density at radius 1 is 1.03 bits per heavy atom. The number of methoxy groups -OCH3 is 1. The van der Waals surface area contributed by atoms with E-state index in [4.69, 9.17) is 9.72 Å². The van der Waals surface area contributed by atoms with Crippen LogP contribution in [0.5, 0.6) is 5.75 Å². The van der Waals surface area contributed by atoms with E-state index in [0.717, 1.165) is 49.0 Å². The number of para-hydroxylation sites is 2. The van der Waals surface area contributed by atoms with Gasteiger partial charge in [-0.3, -0.25) is 14.6 Å². The molecule has 2 aromatic carbocycles.